The van der Waals surface area contributed by atoms with Crippen molar-refractivity contribution in [2.75, 3.05) is 26.4 Å². The minimum absolute atomic E-state index is 0. The largest absolute Gasteiger partial charge is 0.508 e. The van der Waals surface area contributed by atoms with Crippen molar-refractivity contribution >= 4 is 34.1 Å². The fourth-order valence-electron chi connectivity index (χ4n) is 5.45. The Kier molecular flexibility index (Phi) is 12.9. The van der Waals surface area contributed by atoms with Gasteiger partial charge in [0.25, 0.3) is 0 Å². The molecule has 12 nitrogen and oxygen atoms in total. The number of phenolic OH excluding ortho intramolecular Hbond substituents is 4. The number of aromatic hydroxyl groups is 5. The summed E-state index contributed by atoms with van der Waals surface area (Å²) in [5.41, 5.74) is 1.21. The first-order valence-corrected chi connectivity index (χ1v) is 16.4. The molecule has 0 saturated heterocycles. The predicted octanol–water partition coefficient (Wildman–Crippen LogP) is 7.83. The highest BCUT2D eigenvalue weighted by Crippen LogP contribution is 2.38. The lowest BCUT2D eigenvalue weighted by Gasteiger charge is -2.15. The van der Waals surface area contributed by atoms with Gasteiger partial charge in [0.05, 0.1) is 32.1 Å². The normalized spacial score (nSPS) is 10.6. The summed E-state index contributed by atoms with van der Waals surface area (Å²) in [5.74, 6) is 0.329. The predicted molar refractivity (Wildman–Crippen MR) is 199 cm³/mol. The van der Waals surface area contributed by atoms with Crippen LogP contribution in [0.2, 0.25) is 0 Å². The molecule has 6 rings (SSSR count). The Bertz CT molecular complexity index is 2240. The molecule has 0 bridgehead atoms. The van der Waals surface area contributed by atoms with E-state index in [1.54, 1.807) is 0 Å². The molecule has 0 radical (unpaired) electrons. The maximum absolute atomic E-state index is 12.1. The third-order valence-electron chi connectivity index (χ3n) is 7.66. The molecule has 0 spiro atoms. The molecule has 4 aromatic carbocycles. The molecule has 0 aliphatic heterocycles. The lowest BCUT2D eigenvalue weighted by Crippen LogP contribution is -2.02. The monoisotopic (exact) mass is 733 g/mol. The zero-order valence-corrected chi connectivity index (χ0v) is 29.8. The summed E-state index contributed by atoms with van der Waals surface area (Å²) in [4.78, 5) is 16.8. The number of benzene rings is 4. The number of hydrogen-bond donors (Lipinski definition) is 5. The molecule has 13 heteroatoms. The number of nitrogens with zero attached hydrogens (tertiary/aromatic N) is 1. The molecule has 2 aromatic heterocycles. The van der Waals surface area contributed by atoms with Crippen LogP contribution >= 0.6 is 12.4 Å². The number of ether oxygens (including phenoxy) is 4. The molecule has 6 aromatic rings. The number of hydrogen-bond acceptors (Lipinski definition) is 12. The molecule has 52 heavy (non-hydrogen) atoms. The standard InChI is InChI=1S/C24H29NO4.C15H10O7.ClH/c1-5-26-21-10-9-17(14-22(21)27-6-2)13-20-19-16-24(29-8-4)23(28-7-3)15-18(19)11-12-25-20;16-7-4-10(19)12-11(5-7)22-15(14(21)13(12)20)6-1-2-8(17)9(18)3-6;/h9-12,14-16H,5-8,13H2,1-4H3;1-5,16-19,21H;1H. The fourth-order valence-corrected chi connectivity index (χ4v) is 5.45. The van der Waals surface area contributed by atoms with Gasteiger partial charge in [-0.25, -0.2) is 0 Å². The Balaban J connectivity index is 0.000000236. The van der Waals surface area contributed by atoms with Crippen molar-refractivity contribution in [3.8, 4) is 63.1 Å². The number of pyridine rings is 1. The molecule has 5 N–H and O–H groups in total. The van der Waals surface area contributed by atoms with Gasteiger partial charge in [0.1, 0.15) is 22.5 Å². The van der Waals surface area contributed by atoms with Crippen molar-refractivity contribution in [3.63, 3.8) is 0 Å². The van der Waals surface area contributed by atoms with Crippen LogP contribution in [0, 0.1) is 0 Å². The average molecular weight is 734 g/mol. The van der Waals surface area contributed by atoms with E-state index in [9.17, 15) is 30.3 Å². The van der Waals surface area contributed by atoms with E-state index in [-0.39, 0.29) is 46.2 Å². The molecule has 0 aliphatic rings. The van der Waals surface area contributed by atoms with E-state index >= 15 is 0 Å². The minimum Gasteiger partial charge on any atom is -0.508 e. The Morgan fingerprint density at radius 3 is 1.94 bits per heavy atom. The first-order valence-electron chi connectivity index (χ1n) is 16.4. The van der Waals surface area contributed by atoms with Crippen LogP contribution in [0.25, 0.3) is 33.1 Å². The van der Waals surface area contributed by atoms with Gasteiger partial charge in [-0.2, -0.15) is 0 Å². The van der Waals surface area contributed by atoms with Crippen molar-refractivity contribution in [3.05, 3.63) is 94.4 Å². The topological polar surface area (TPSA) is 181 Å². The highest BCUT2D eigenvalue weighted by Gasteiger charge is 2.19. The number of rotatable bonds is 11. The zero-order chi connectivity index (χ0) is 36.7. The van der Waals surface area contributed by atoms with E-state index in [4.69, 9.17) is 23.4 Å². The molecule has 274 valence electrons. The Hall–Kier alpha value is -6.01. The second kappa shape index (κ2) is 17.3. The van der Waals surface area contributed by atoms with E-state index in [1.165, 1.54) is 6.07 Å². The first-order chi connectivity index (χ1) is 24.6. The summed E-state index contributed by atoms with van der Waals surface area (Å²) in [5, 5.41) is 49.8. The number of phenols is 4. The van der Waals surface area contributed by atoms with Gasteiger partial charge >= 0.3 is 0 Å². The highest BCUT2D eigenvalue weighted by atomic mass is 35.5. The summed E-state index contributed by atoms with van der Waals surface area (Å²) >= 11 is 0. The quantitative estimate of drug-likeness (QED) is 0.0816. The lowest BCUT2D eigenvalue weighted by molar-refractivity contribution is 0.287. The smallest absolute Gasteiger partial charge is 0.238 e. The average Bonchev–Trinajstić information content (AvgIpc) is 3.10. The number of aromatic nitrogens is 1. The Morgan fingerprint density at radius 1 is 0.654 bits per heavy atom. The molecular weight excluding hydrogens is 694 g/mol. The molecule has 0 atom stereocenters. The SMILES string of the molecule is CCOc1ccc(Cc2nccc3cc(OCC)c(OCC)cc23)cc1OCC.Cl.O=c1c(O)c(-c2ccc(O)c(O)c2)oc2cc(O)cc(O)c12. The van der Waals surface area contributed by atoms with Crippen LogP contribution in [0.1, 0.15) is 39.0 Å². The molecule has 0 aliphatic carbocycles. The van der Waals surface area contributed by atoms with E-state index in [1.807, 2.05) is 64.2 Å². The van der Waals surface area contributed by atoms with Gasteiger partial charge in [0.15, 0.2) is 40.3 Å². The zero-order valence-electron chi connectivity index (χ0n) is 29.0. The number of halogens is 1. The summed E-state index contributed by atoms with van der Waals surface area (Å²) in [6.45, 7) is 10.3. The Morgan fingerprint density at radius 2 is 1.29 bits per heavy atom. The van der Waals surface area contributed by atoms with Crippen molar-refractivity contribution in [2.45, 2.75) is 34.1 Å². The van der Waals surface area contributed by atoms with Crippen LogP contribution < -0.4 is 24.4 Å². The maximum atomic E-state index is 12.1. The fraction of sp³-hybridized carbons (Fsp3) is 0.231. The van der Waals surface area contributed by atoms with Gasteiger partial charge in [0, 0.05) is 35.7 Å². The second-order valence-corrected chi connectivity index (χ2v) is 11.1. The van der Waals surface area contributed by atoms with Gasteiger partial charge in [0.2, 0.25) is 11.2 Å². The third kappa shape index (κ3) is 8.47. The van der Waals surface area contributed by atoms with Crippen molar-refractivity contribution < 1.29 is 48.9 Å². The summed E-state index contributed by atoms with van der Waals surface area (Å²) in [7, 11) is 0. The van der Waals surface area contributed by atoms with Crippen LogP contribution in [0.5, 0.6) is 51.7 Å². The van der Waals surface area contributed by atoms with Crippen LogP contribution in [0.4, 0.5) is 0 Å². The Labute approximate surface area is 305 Å². The van der Waals surface area contributed by atoms with Crippen LogP contribution in [-0.2, 0) is 6.42 Å². The molecule has 2 heterocycles. The van der Waals surface area contributed by atoms with E-state index in [0.29, 0.717) is 32.8 Å². The van der Waals surface area contributed by atoms with Crippen molar-refractivity contribution in [1.82, 2.24) is 4.98 Å². The third-order valence-corrected chi connectivity index (χ3v) is 7.66. The highest BCUT2D eigenvalue weighted by molar-refractivity contribution is 5.89. The van der Waals surface area contributed by atoms with Gasteiger partial charge in [-0.15, -0.1) is 12.4 Å². The molecule has 0 fully saturated rings. The van der Waals surface area contributed by atoms with Crippen LogP contribution in [-0.4, -0.2) is 56.9 Å². The minimum atomic E-state index is -0.888. The van der Waals surface area contributed by atoms with E-state index in [2.05, 4.69) is 11.1 Å². The number of fused-ring (bicyclic) bond motifs is 2. The molecular formula is C39H40ClNO11. The summed E-state index contributed by atoms with van der Waals surface area (Å²) < 4.78 is 28.4. The maximum Gasteiger partial charge on any atom is 0.238 e. The molecule has 0 amide bonds. The van der Waals surface area contributed by atoms with Crippen molar-refractivity contribution in [1.29, 1.82) is 0 Å². The van der Waals surface area contributed by atoms with Crippen LogP contribution in [0.15, 0.2) is 82.1 Å². The second-order valence-electron chi connectivity index (χ2n) is 11.1. The summed E-state index contributed by atoms with van der Waals surface area (Å²) in [6.07, 6.45) is 2.52. The van der Waals surface area contributed by atoms with E-state index in [0.717, 1.165) is 69.3 Å². The summed E-state index contributed by atoms with van der Waals surface area (Å²) in [6, 6.07) is 17.8. The van der Waals surface area contributed by atoms with Gasteiger partial charge in [-0.05, 0) is 87.2 Å². The van der Waals surface area contributed by atoms with Gasteiger partial charge < -0.3 is 48.9 Å². The lowest BCUT2D eigenvalue weighted by atomic mass is 10.0. The van der Waals surface area contributed by atoms with Gasteiger partial charge in [-0.3, -0.25) is 9.78 Å². The molecule has 0 unspecified atom stereocenters. The first kappa shape index (κ1) is 38.8. The van der Waals surface area contributed by atoms with Crippen molar-refractivity contribution in [2.24, 2.45) is 0 Å². The van der Waals surface area contributed by atoms with E-state index < -0.39 is 22.7 Å². The molecule has 0 saturated carbocycles. The van der Waals surface area contributed by atoms with Gasteiger partial charge in [-0.1, -0.05) is 6.07 Å². The van der Waals surface area contributed by atoms with Crippen LogP contribution in [0.3, 0.4) is 0 Å².